The highest BCUT2D eigenvalue weighted by molar-refractivity contribution is 4.62. The smallest absolute Gasteiger partial charge is 0.0615 e. The molecule has 0 aromatic heterocycles. The Hall–Kier alpha value is -0.0800. The maximum Gasteiger partial charge on any atom is 0.0615 e. The standard InChI is InChI=1S/C11H25NO/c1-4-5-6-7-8-9-11(12-2)10-13-3/h11-12H,4-10H2,1-3H3. The first kappa shape index (κ1) is 12.9. The Morgan fingerprint density at radius 3 is 2.38 bits per heavy atom. The van der Waals surface area contributed by atoms with E-state index >= 15 is 0 Å². The van der Waals surface area contributed by atoms with Crippen LogP contribution >= 0.6 is 0 Å². The van der Waals surface area contributed by atoms with Gasteiger partial charge in [-0.1, -0.05) is 39.0 Å². The summed E-state index contributed by atoms with van der Waals surface area (Å²) < 4.78 is 5.11. The minimum atomic E-state index is 0.548. The predicted molar refractivity (Wildman–Crippen MR) is 58.1 cm³/mol. The Balaban J connectivity index is 3.17. The van der Waals surface area contributed by atoms with Crippen LogP contribution in [0.1, 0.15) is 45.4 Å². The van der Waals surface area contributed by atoms with E-state index in [9.17, 15) is 0 Å². The second kappa shape index (κ2) is 10.0. The molecule has 0 aliphatic rings. The lowest BCUT2D eigenvalue weighted by Gasteiger charge is -2.14. The third kappa shape index (κ3) is 8.26. The third-order valence-electron chi connectivity index (χ3n) is 2.43. The van der Waals surface area contributed by atoms with Gasteiger partial charge in [-0.05, 0) is 13.5 Å². The predicted octanol–water partition coefficient (Wildman–Crippen LogP) is 2.58. The highest BCUT2D eigenvalue weighted by atomic mass is 16.5. The highest BCUT2D eigenvalue weighted by Crippen LogP contribution is 2.07. The van der Waals surface area contributed by atoms with Crippen molar-refractivity contribution in [2.45, 2.75) is 51.5 Å². The second-order valence-electron chi connectivity index (χ2n) is 3.64. The lowest BCUT2D eigenvalue weighted by atomic mass is 10.1. The van der Waals surface area contributed by atoms with Crippen LogP contribution in [0.2, 0.25) is 0 Å². The molecule has 2 heteroatoms. The maximum atomic E-state index is 5.11. The average molecular weight is 187 g/mol. The Kier molecular flexibility index (Phi) is 9.94. The lowest BCUT2D eigenvalue weighted by molar-refractivity contribution is 0.164. The zero-order chi connectivity index (χ0) is 9.94. The van der Waals surface area contributed by atoms with Crippen molar-refractivity contribution in [2.75, 3.05) is 20.8 Å². The molecule has 0 heterocycles. The van der Waals surface area contributed by atoms with Crippen molar-refractivity contribution in [3.05, 3.63) is 0 Å². The third-order valence-corrected chi connectivity index (χ3v) is 2.43. The van der Waals surface area contributed by atoms with E-state index in [1.807, 2.05) is 7.05 Å². The van der Waals surface area contributed by atoms with Crippen LogP contribution in [0.4, 0.5) is 0 Å². The molecule has 0 saturated heterocycles. The van der Waals surface area contributed by atoms with E-state index in [-0.39, 0.29) is 0 Å². The van der Waals surface area contributed by atoms with Crippen molar-refractivity contribution < 1.29 is 4.74 Å². The molecular formula is C11H25NO. The number of hydrogen-bond acceptors (Lipinski definition) is 2. The molecule has 0 saturated carbocycles. The quantitative estimate of drug-likeness (QED) is 0.560. The van der Waals surface area contributed by atoms with Gasteiger partial charge in [0, 0.05) is 13.2 Å². The fourth-order valence-electron chi connectivity index (χ4n) is 1.51. The van der Waals surface area contributed by atoms with Gasteiger partial charge in [0.2, 0.25) is 0 Å². The molecule has 0 bridgehead atoms. The maximum absolute atomic E-state index is 5.11. The van der Waals surface area contributed by atoms with Crippen LogP contribution < -0.4 is 5.32 Å². The zero-order valence-corrected chi connectivity index (χ0v) is 9.44. The summed E-state index contributed by atoms with van der Waals surface area (Å²) in [6.07, 6.45) is 8.04. The lowest BCUT2D eigenvalue weighted by Crippen LogP contribution is -2.29. The van der Waals surface area contributed by atoms with Crippen LogP contribution in [0.15, 0.2) is 0 Å². The van der Waals surface area contributed by atoms with Gasteiger partial charge in [0.15, 0.2) is 0 Å². The molecular weight excluding hydrogens is 162 g/mol. The van der Waals surface area contributed by atoms with Gasteiger partial charge in [-0.25, -0.2) is 0 Å². The molecule has 0 spiro atoms. The van der Waals surface area contributed by atoms with Gasteiger partial charge in [0.25, 0.3) is 0 Å². The van der Waals surface area contributed by atoms with E-state index < -0.39 is 0 Å². The first-order valence-corrected chi connectivity index (χ1v) is 5.51. The Labute approximate surface area is 83.1 Å². The van der Waals surface area contributed by atoms with Gasteiger partial charge in [0.05, 0.1) is 6.61 Å². The van der Waals surface area contributed by atoms with Gasteiger partial charge in [-0.15, -0.1) is 0 Å². The van der Waals surface area contributed by atoms with Crippen molar-refractivity contribution in [3.63, 3.8) is 0 Å². The summed E-state index contributed by atoms with van der Waals surface area (Å²) >= 11 is 0. The summed E-state index contributed by atoms with van der Waals surface area (Å²) in [5.41, 5.74) is 0. The van der Waals surface area contributed by atoms with Crippen molar-refractivity contribution in [1.29, 1.82) is 0 Å². The molecule has 13 heavy (non-hydrogen) atoms. The minimum absolute atomic E-state index is 0.548. The second-order valence-corrected chi connectivity index (χ2v) is 3.64. The van der Waals surface area contributed by atoms with E-state index in [0.717, 1.165) is 6.61 Å². The molecule has 0 aliphatic heterocycles. The van der Waals surface area contributed by atoms with E-state index in [1.165, 1.54) is 38.5 Å². The summed E-state index contributed by atoms with van der Waals surface area (Å²) in [6, 6.07) is 0.548. The van der Waals surface area contributed by atoms with Crippen LogP contribution in [0.3, 0.4) is 0 Å². The van der Waals surface area contributed by atoms with Crippen LogP contribution in [-0.4, -0.2) is 26.8 Å². The summed E-state index contributed by atoms with van der Waals surface area (Å²) in [4.78, 5) is 0. The molecule has 0 rings (SSSR count). The summed E-state index contributed by atoms with van der Waals surface area (Å²) in [5, 5.41) is 3.27. The van der Waals surface area contributed by atoms with Crippen LogP contribution in [0.25, 0.3) is 0 Å². The number of likely N-dealkylation sites (N-methyl/N-ethyl adjacent to an activating group) is 1. The van der Waals surface area contributed by atoms with E-state index in [4.69, 9.17) is 4.74 Å². The first-order chi connectivity index (χ1) is 6.35. The molecule has 0 radical (unpaired) electrons. The van der Waals surface area contributed by atoms with Crippen molar-refractivity contribution >= 4 is 0 Å². The fourth-order valence-corrected chi connectivity index (χ4v) is 1.51. The van der Waals surface area contributed by atoms with Crippen LogP contribution in [0, 0.1) is 0 Å². The largest absolute Gasteiger partial charge is 0.383 e. The summed E-state index contributed by atoms with van der Waals surface area (Å²) in [5.74, 6) is 0. The molecule has 0 fully saturated rings. The molecule has 0 aromatic rings. The fraction of sp³-hybridized carbons (Fsp3) is 1.00. The van der Waals surface area contributed by atoms with Gasteiger partial charge in [0.1, 0.15) is 0 Å². The molecule has 1 unspecified atom stereocenters. The van der Waals surface area contributed by atoms with Gasteiger partial charge in [-0.3, -0.25) is 0 Å². The normalized spacial score (nSPS) is 13.2. The number of rotatable bonds is 9. The van der Waals surface area contributed by atoms with Crippen molar-refractivity contribution in [3.8, 4) is 0 Å². The molecule has 2 nitrogen and oxygen atoms in total. The summed E-state index contributed by atoms with van der Waals surface area (Å²) in [6.45, 7) is 3.09. The van der Waals surface area contributed by atoms with E-state index in [2.05, 4.69) is 12.2 Å². The van der Waals surface area contributed by atoms with E-state index in [0.29, 0.717) is 6.04 Å². The van der Waals surface area contributed by atoms with Crippen molar-refractivity contribution in [1.82, 2.24) is 5.32 Å². The van der Waals surface area contributed by atoms with Gasteiger partial charge in [-0.2, -0.15) is 0 Å². The Morgan fingerprint density at radius 1 is 1.15 bits per heavy atom. The van der Waals surface area contributed by atoms with E-state index in [1.54, 1.807) is 7.11 Å². The number of nitrogens with one attached hydrogen (secondary N) is 1. The number of ether oxygens (including phenoxy) is 1. The Bertz CT molecular complexity index is 96.1. The average Bonchev–Trinajstić information content (AvgIpc) is 2.16. The SMILES string of the molecule is CCCCCCCC(COC)NC. The molecule has 0 aliphatic carbocycles. The molecule has 0 aromatic carbocycles. The minimum Gasteiger partial charge on any atom is -0.383 e. The Morgan fingerprint density at radius 2 is 1.85 bits per heavy atom. The van der Waals surface area contributed by atoms with Crippen LogP contribution in [0.5, 0.6) is 0 Å². The monoisotopic (exact) mass is 187 g/mol. The molecule has 0 amide bonds. The topological polar surface area (TPSA) is 21.3 Å². The number of hydrogen-bond donors (Lipinski definition) is 1. The number of methoxy groups -OCH3 is 1. The number of unbranched alkanes of at least 4 members (excludes halogenated alkanes) is 4. The first-order valence-electron chi connectivity index (χ1n) is 5.51. The van der Waals surface area contributed by atoms with Gasteiger partial charge >= 0.3 is 0 Å². The van der Waals surface area contributed by atoms with Crippen molar-refractivity contribution in [2.24, 2.45) is 0 Å². The highest BCUT2D eigenvalue weighted by Gasteiger charge is 2.03. The molecule has 1 N–H and O–H groups in total. The molecule has 1 atom stereocenters. The van der Waals surface area contributed by atoms with Crippen LogP contribution in [-0.2, 0) is 4.74 Å². The zero-order valence-electron chi connectivity index (χ0n) is 9.44. The van der Waals surface area contributed by atoms with Gasteiger partial charge < -0.3 is 10.1 Å². The molecule has 80 valence electrons. The summed E-state index contributed by atoms with van der Waals surface area (Å²) in [7, 11) is 3.77.